The Bertz CT molecular complexity index is 1380. The molecule has 0 bridgehead atoms. The Morgan fingerprint density at radius 1 is 0.939 bits per heavy atom. The highest BCUT2D eigenvalue weighted by molar-refractivity contribution is 7.92. The van der Waals surface area contributed by atoms with Gasteiger partial charge in [-0.05, 0) is 61.2 Å². The molecule has 7 heteroatoms. The number of hydrogen-bond acceptors (Lipinski definition) is 4. The van der Waals surface area contributed by atoms with E-state index in [0.717, 1.165) is 21.2 Å². The fraction of sp³-hybridized carbons (Fsp3) is 0.192. The lowest BCUT2D eigenvalue weighted by Gasteiger charge is -2.23. The predicted molar refractivity (Wildman–Crippen MR) is 135 cm³/mol. The Kier molecular flexibility index (Phi) is 6.54. The van der Waals surface area contributed by atoms with Gasteiger partial charge in [0, 0.05) is 24.8 Å². The molecule has 0 spiro atoms. The van der Waals surface area contributed by atoms with Gasteiger partial charge in [0.05, 0.1) is 15.5 Å². The summed E-state index contributed by atoms with van der Waals surface area (Å²) in [5, 5.41) is 0.853. The van der Waals surface area contributed by atoms with Crippen LogP contribution in [-0.4, -0.2) is 32.8 Å². The molecule has 1 aromatic heterocycles. The molecule has 0 aliphatic carbocycles. The lowest BCUT2D eigenvalue weighted by atomic mass is 10.2. The molecular weight excluding hydrogens is 452 g/mol. The van der Waals surface area contributed by atoms with Crippen LogP contribution in [0.1, 0.15) is 27.7 Å². The number of anilines is 1. The number of benzene rings is 3. The summed E-state index contributed by atoms with van der Waals surface area (Å²) in [5.74, 6) is -0.0544. The first-order valence-corrected chi connectivity index (χ1v) is 13.0. The van der Waals surface area contributed by atoms with E-state index in [1.807, 2.05) is 62.4 Å². The SMILES string of the molecule is CCN(c1ccc2sc(C(=O)N(C)Cc3ccccc3)cc2c1)S(=O)(=O)c1ccc(C)cc1. The average Bonchev–Trinajstić information content (AvgIpc) is 3.23. The van der Waals surface area contributed by atoms with Crippen molar-refractivity contribution in [2.45, 2.75) is 25.3 Å². The Morgan fingerprint density at radius 2 is 1.64 bits per heavy atom. The van der Waals surface area contributed by atoms with Crippen LogP contribution in [0.4, 0.5) is 5.69 Å². The number of carbonyl (C=O) groups excluding carboxylic acids is 1. The quantitative estimate of drug-likeness (QED) is 0.342. The molecule has 0 radical (unpaired) electrons. The second-order valence-electron chi connectivity index (χ2n) is 7.96. The van der Waals surface area contributed by atoms with Crippen LogP contribution in [0.2, 0.25) is 0 Å². The molecule has 0 atom stereocenters. The van der Waals surface area contributed by atoms with E-state index < -0.39 is 10.0 Å². The Balaban J connectivity index is 1.61. The van der Waals surface area contributed by atoms with Crippen molar-refractivity contribution in [3.8, 4) is 0 Å². The molecule has 33 heavy (non-hydrogen) atoms. The monoisotopic (exact) mass is 478 g/mol. The van der Waals surface area contributed by atoms with Crippen LogP contribution in [0.15, 0.2) is 83.8 Å². The molecule has 4 aromatic rings. The minimum absolute atomic E-state index is 0.0544. The van der Waals surface area contributed by atoms with Crippen molar-refractivity contribution in [1.82, 2.24) is 4.90 Å². The Hall–Kier alpha value is -3.16. The zero-order valence-electron chi connectivity index (χ0n) is 18.9. The van der Waals surface area contributed by atoms with E-state index in [2.05, 4.69) is 0 Å². The van der Waals surface area contributed by atoms with Gasteiger partial charge in [0.25, 0.3) is 15.9 Å². The minimum Gasteiger partial charge on any atom is -0.337 e. The van der Waals surface area contributed by atoms with Crippen molar-refractivity contribution in [3.63, 3.8) is 0 Å². The largest absolute Gasteiger partial charge is 0.337 e. The average molecular weight is 479 g/mol. The highest BCUT2D eigenvalue weighted by atomic mass is 32.2. The Morgan fingerprint density at radius 3 is 2.30 bits per heavy atom. The fourth-order valence-corrected chi connectivity index (χ4v) is 6.24. The second kappa shape index (κ2) is 9.37. The van der Waals surface area contributed by atoms with Gasteiger partial charge in [0.1, 0.15) is 0 Å². The third kappa shape index (κ3) is 4.79. The van der Waals surface area contributed by atoms with E-state index in [4.69, 9.17) is 0 Å². The molecule has 0 aliphatic heterocycles. The first kappa shape index (κ1) is 23.0. The summed E-state index contributed by atoms with van der Waals surface area (Å²) in [7, 11) is -1.90. The number of carbonyl (C=O) groups is 1. The predicted octanol–water partition coefficient (Wildman–Crippen LogP) is 5.70. The maximum Gasteiger partial charge on any atom is 0.264 e. The highest BCUT2D eigenvalue weighted by Gasteiger charge is 2.24. The molecule has 0 saturated carbocycles. The number of fused-ring (bicyclic) bond motifs is 1. The summed E-state index contributed by atoms with van der Waals surface area (Å²) in [4.78, 5) is 15.6. The summed E-state index contributed by atoms with van der Waals surface area (Å²) < 4.78 is 28.9. The van der Waals surface area contributed by atoms with E-state index in [-0.39, 0.29) is 10.8 Å². The fourth-order valence-electron chi connectivity index (χ4n) is 3.74. The molecule has 0 fully saturated rings. The number of rotatable bonds is 7. The third-order valence-corrected chi connectivity index (χ3v) is 8.53. The van der Waals surface area contributed by atoms with E-state index in [9.17, 15) is 13.2 Å². The van der Waals surface area contributed by atoms with Crippen LogP contribution in [0.25, 0.3) is 10.1 Å². The van der Waals surface area contributed by atoms with Gasteiger partial charge in [-0.1, -0.05) is 48.0 Å². The van der Waals surface area contributed by atoms with Gasteiger partial charge in [0.15, 0.2) is 0 Å². The van der Waals surface area contributed by atoms with Crippen LogP contribution in [0.3, 0.4) is 0 Å². The van der Waals surface area contributed by atoms with Crippen molar-refractivity contribution in [2.24, 2.45) is 0 Å². The summed E-state index contributed by atoms with van der Waals surface area (Å²) >= 11 is 1.42. The zero-order valence-corrected chi connectivity index (χ0v) is 20.5. The van der Waals surface area contributed by atoms with Gasteiger partial charge in [0.2, 0.25) is 0 Å². The molecule has 0 saturated heterocycles. The van der Waals surface area contributed by atoms with E-state index in [1.165, 1.54) is 15.6 Å². The standard InChI is InChI=1S/C26H26N2O3S2/c1-4-28(33(30,31)23-13-10-19(2)11-14-23)22-12-15-24-21(16-22)17-25(32-24)26(29)27(3)18-20-8-6-5-7-9-20/h5-17H,4,18H2,1-3H3. The summed E-state index contributed by atoms with van der Waals surface area (Å²) in [5.41, 5.74) is 2.66. The normalized spacial score (nSPS) is 11.5. The van der Waals surface area contributed by atoms with Gasteiger partial charge in [-0.25, -0.2) is 8.42 Å². The molecule has 0 aliphatic rings. The lowest BCUT2D eigenvalue weighted by Crippen LogP contribution is -2.30. The number of nitrogens with zero attached hydrogens (tertiary/aromatic N) is 2. The van der Waals surface area contributed by atoms with E-state index >= 15 is 0 Å². The van der Waals surface area contributed by atoms with Crippen molar-refractivity contribution in [3.05, 3.63) is 94.9 Å². The summed E-state index contributed by atoms with van der Waals surface area (Å²) in [6.07, 6.45) is 0. The van der Waals surface area contributed by atoms with Crippen molar-refractivity contribution in [2.75, 3.05) is 17.9 Å². The molecular formula is C26H26N2O3S2. The first-order valence-electron chi connectivity index (χ1n) is 10.7. The van der Waals surface area contributed by atoms with Gasteiger partial charge in [-0.15, -0.1) is 11.3 Å². The second-order valence-corrected chi connectivity index (χ2v) is 10.9. The topological polar surface area (TPSA) is 57.7 Å². The van der Waals surface area contributed by atoms with Gasteiger partial charge in [-0.3, -0.25) is 9.10 Å². The first-order chi connectivity index (χ1) is 15.8. The van der Waals surface area contributed by atoms with Crippen LogP contribution in [-0.2, 0) is 16.6 Å². The van der Waals surface area contributed by atoms with Crippen LogP contribution < -0.4 is 4.31 Å². The zero-order chi connectivity index (χ0) is 23.6. The maximum absolute atomic E-state index is 13.3. The minimum atomic E-state index is -3.69. The molecule has 4 rings (SSSR count). The molecule has 1 heterocycles. The van der Waals surface area contributed by atoms with Crippen molar-refractivity contribution in [1.29, 1.82) is 0 Å². The number of thiophene rings is 1. The smallest absolute Gasteiger partial charge is 0.264 e. The van der Waals surface area contributed by atoms with Crippen LogP contribution >= 0.6 is 11.3 Å². The molecule has 5 nitrogen and oxygen atoms in total. The van der Waals surface area contributed by atoms with Crippen LogP contribution in [0, 0.1) is 6.92 Å². The molecule has 0 N–H and O–H groups in total. The molecule has 1 amide bonds. The molecule has 0 unspecified atom stereocenters. The summed E-state index contributed by atoms with van der Waals surface area (Å²) in [6, 6.07) is 24.1. The van der Waals surface area contributed by atoms with E-state index in [0.29, 0.717) is 23.7 Å². The lowest BCUT2D eigenvalue weighted by molar-refractivity contribution is 0.0790. The molecule has 3 aromatic carbocycles. The van der Waals surface area contributed by atoms with E-state index in [1.54, 1.807) is 42.3 Å². The number of sulfonamides is 1. The number of amides is 1. The molecule has 170 valence electrons. The van der Waals surface area contributed by atoms with Gasteiger partial charge >= 0.3 is 0 Å². The highest BCUT2D eigenvalue weighted by Crippen LogP contribution is 2.32. The van der Waals surface area contributed by atoms with Crippen molar-refractivity contribution >= 4 is 43.0 Å². The number of hydrogen-bond donors (Lipinski definition) is 0. The number of aryl methyl sites for hydroxylation is 1. The van der Waals surface area contributed by atoms with Gasteiger partial charge < -0.3 is 4.90 Å². The van der Waals surface area contributed by atoms with Crippen LogP contribution in [0.5, 0.6) is 0 Å². The third-order valence-electron chi connectivity index (χ3n) is 5.50. The van der Waals surface area contributed by atoms with Gasteiger partial charge in [-0.2, -0.15) is 0 Å². The van der Waals surface area contributed by atoms with Crippen molar-refractivity contribution < 1.29 is 13.2 Å². The Labute approximate surface area is 198 Å². The summed E-state index contributed by atoms with van der Waals surface area (Å²) in [6.45, 7) is 4.57. The maximum atomic E-state index is 13.3.